The second-order valence-corrected chi connectivity index (χ2v) is 11.9. The van der Waals surface area contributed by atoms with Gasteiger partial charge in [-0.1, -0.05) is 11.3 Å². The van der Waals surface area contributed by atoms with E-state index < -0.39 is 5.91 Å². The zero-order valence-corrected chi connectivity index (χ0v) is 24.9. The van der Waals surface area contributed by atoms with Crippen LogP contribution in [0.1, 0.15) is 52.2 Å². The summed E-state index contributed by atoms with van der Waals surface area (Å²) in [6, 6.07) is 10.1. The molecule has 12 heteroatoms. The Morgan fingerprint density at radius 3 is 2.64 bits per heavy atom. The van der Waals surface area contributed by atoms with Gasteiger partial charge in [0.2, 0.25) is 0 Å². The summed E-state index contributed by atoms with van der Waals surface area (Å²) in [5.41, 5.74) is 4.14. The maximum Gasteiger partial charge on any atom is 0.278 e. The van der Waals surface area contributed by atoms with Gasteiger partial charge in [0.1, 0.15) is 5.82 Å². The number of piperidine rings is 2. The second kappa shape index (κ2) is 12.3. The Morgan fingerprint density at radius 2 is 1.84 bits per heavy atom. The first-order valence-corrected chi connectivity index (χ1v) is 15.5. The summed E-state index contributed by atoms with van der Waals surface area (Å²) in [6.45, 7) is 7.36. The van der Waals surface area contributed by atoms with Crippen LogP contribution in [0.15, 0.2) is 48.9 Å². The highest BCUT2D eigenvalue weighted by Gasteiger charge is 2.33. The Morgan fingerprint density at radius 1 is 1.00 bits per heavy atom. The minimum atomic E-state index is -0.422. The molecule has 0 radical (unpaired) electrons. The summed E-state index contributed by atoms with van der Waals surface area (Å²) in [4.78, 5) is 39.9. The largest absolute Gasteiger partial charge is 0.378 e. The van der Waals surface area contributed by atoms with E-state index in [1.807, 2.05) is 30.5 Å². The van der Waals surface area contributed by atoms with Crippen molar-refractivity contribution in [1.82, 2.24) is 35.0 Å². The summed E-state index contributed by atoms with van der Waals surface area (Å²) < 4.78 is 7.06. The molecular formula is C32H37N9O3. The number of nitrogens with zero attached hydrogens (tertiary/aromatic N) is 7. The van der Waals surface area contributed by atoms with Gasteiger partial charge in [0.15, 0.2) is 5.69 Å². The van der Waals surface area contributed by atoms with Crippen molar-refractivity contribution >= 4 is 28.8 Å². The predicted octanol–water partition coefficient (Wildman–Crippen LogP) is 3.19. The summed E-state index contributed by atoms with van der Waals surface area (Å²) in [7, 11) is 0. The maximum atomic E-state index is 13.3. The van der Waals surface area contributed by atoms with Crippen LogP contribution in [0, 0.1) is 12.8 Å². The lowest BCUT2D eigenvalue weighted by Gasteiger charge is -2.45. The normalized spacial score (nSPS) is 20.2. The lowest BCUT2D eigenvalue weighted by Crippen LogP contribution is -2.50. The van der Waals surface area contributed by atoms with Crippen LogP contribution in [-0.4, -0.2) is 93.5 Å². The highest BCUT2D eigenvalue weighted by molar-refractivity contribution is 6.08. The number of hydrogen-bond donors (Lipinski definition) is 2. The minimum absolute atomic E-state index is 0.186. The Bertz CT molecular complexity index is 1670. The van der Waals surface area contributed by atoms with Gasteiger partial charge in [-0.2, -0.15) is 0 Å². The number of nitrogens with one attached hydrogen (secondary N) is 2. The molecule has 3 saturated heterocycles. The third-order valence-corrected chi connectivity index (χ3v) is 9.15. The van der Waals surface area contributed by atoms with Gasteiger partial charge < -0.3 is 20.3 Å². The van der Waals surface area contributed by atoms with Crippen LogP contribution in [0.4, 0.5) is 11.5 Å². The third kappa shape index (κ3) is 5.87. The van der Waals surface area contributed by atoms with Gasteiger partial charge >= 0.3 is 0 Å². The van der Waals surface area contributed by atoms with E-state index in [1.165, 1.54) is 25.7 Å². The molecule has 7 heterocycles. The van der Waals surface area contributed by atoms with E-state index in [2.05, 4.69) is 40.7 Å². The number of morpholine rings is 1. The van der Waals surface area contributed by atoms with Gasteiger partial charge in [-0.05, 0) is 68.4 Å². The van der Waals surface area contributed by atoms with E-state index in [9.17, 15) is 9.59 Å². The number of aromatic nitrogens is 5. The molecule has 4 aliphatic rings. The average Bonchev–Trinajstić information content (AvgIpc) is 3.50. The SMILES string of the molecule is Cc1ncc(C(=O)NCCN2CC3CCC2CC3)cc1NC(=O)c1nnn2cc(-c3ccnc(N4CCOCC4)c3)ccc12. The molecule has 4 aromatic rings. The quantitative estimate of drug-likeness (QED) is 0.315. The molecule has 0 unspecified atom stereocenters. The zero-order chi connectivity index (χ0) is 30.0. The van der Waals surface area contributed by atoms with E-state index in [1.54, 1.807) is 29.9 Å². The Labute approximate surface area is 255 Å². The second-order valence-electron chi connectivity index (χ2n) is 11.9. The predicted molar refractivity (Wildman–Crippen MR) is 166 cm³/mol. The van der Waals surface area contributed by atoms with Crippen LogP contribution >= 0.6 is 0 Å². The van der Waals surface area contributed by atoms with Gasteiger partial charge in [-0.15, -0.1) is 5.10 Å². The fourth-order valence-electron chi connectivity index (χ4n) is 6.62. The smallest absolute Gasteiger partial charge is 0.278 e. The van der Waals surface area contributed by atoms with Crippen molar-refractivity contribution in [1.29, 1.82) is 0 Å². The van der Waals surface area contributed by atoms with E-state index in [4.69, 9.17) is 4.74 Å². The third-order valence-electron chi connectivity index (χ3n) is 9.15. The standard InChI is InChI=1S/C32H37N9O3/c1-21-27(16-25(18-35-21)31(42)34-10-11-40-19-22-2-5-26(40)6-3-22)36-32(43)30-28-7-4-24(20-41(28)38-37-30)23-8-9-33-29(17-23)39-12-14-44-15-13-39/h4,7-9,16-18,20,22,26H,2-3,5-6,10-15,19H2,1H3,(H,34,42)(H,36,43). The highest BCUT2D eigenvalue weighted by Crippen LogP contribution is 2.34. The van der Waals surface area contributed by atoms with Crippen molar-refractivity contribution in [2.45, 2.75) is 38.6 Å². The number of ether oxygens (including phenoxy) is 1. The first kappa shape index (κ1) is 28.4. The Kier molecular flexibility index (Phi) is 7.92. The molecule has 2 N–H and O–H groups in total. The summed E-state index contributed by atoms with van der Waals surface area (Å²) in [6.07, 6.45) is 10.4. The number of rotatable bonds is 8. The van der Waals surface area contributed by atoms with E-state index in [0.29, 0.717) is 48.3 Å². The monoisotopic (exact) mass is 595 g/mol. The molecule has 12 nitrogen and oxygen atoms in total. The first-order valence-electron chi connectivity index (χ1n) is 15.5. The van der Waals surface area contributed by atoms with Crippen molar-refractivity contribution < 1.29 is 14.3 Å². The van der Waals surface area contributed by atoms with Crippen LogP contribution in [0.2, 0.25) is 0 Å². The number of hydrogen-bond acceptors (Lipinski definition) is 9. The summed E-state index contributed by atoms with van der Waals surface area (Å²) >= 11 is 0. The number of carbonyl (C=O) groups is 2. The highest BCUT2D eigenvalue weighted by atomic mass is 16.5. The molecule has 4 fully saturated rings. The van der Waals surface area contributed by atoms with E-state index in [-0.39, 0.29) is 11.6 Å². The molecule has 0 aromatic carbocycles. The van der Waals surface area contributed by atoms with Crippen molar-refractivity contribution in [3.63, 3.8) is 0 Å². The molecule has 228 valence electrons. The Balaban J connectivity index is 1.01. The van der Waals surface area contributed by atoms with Crippen LogP contribution < -0.4 is 15.5 Å². The molecule has 1 saturated carbocycles. The molecule has 2 amide bonds. The summed E-state index contributed by atoms with van der Waals surface area (Å²) in [5.74, 6) is 1.08. The molecular weight excluding hydrogens is 558 g/mol. The Hall–Kier alpha value is -4.42. The van der Waals surface area contributed by atoms with E-state index in [0.717, 1.165) is 49.0 Å². The lowest BCUT2D eigenvalue weighted by atomic mass is 9.80. The van der Waals surface area contributed by atoms with Crippen LogP contribution in [-0.2, 0) is 4.74 Å². The molecule has 8 rings (SSSR count). The van der Waals surface area contributed by atoms with Gasteiger partial charge in [0.05, 0.1) is 35.7 Å². The topological polar surface area (TPSA) is 130 Å². The molecule has 2 bridgehead atoms. The molecule has 0 atom stereocenters. The lowest BCUT2D eigenvalue weighted by molar-refractivity contribution is 0.0494. The number of amides is 2. The number of aryl methyl sites for hydroxylation is 1. The summed E-state index contributed by atoms with van der Waals surface area (Å²) in [5, 5.41) is 14.3. The van der Waals surface area contributed by atoms with Crippen LogP contribution in [0.25, 0.3) is 16.6 Å². The molecule has 44 heavy (non-hydrogen) atoms. The average molecular weight is 596 g/mol. The number of anilines is 2. The molecule has 1 aliphatic carbocycles. The van der Waals surface area contributed by atoms with Gasteiger partial charge in [-0.3, -0.25) is 19.5 Å². The fraction of sp³-hybridized carbons (Fsp3) is 0.438. The minimum Gasteiger partial charge on any atom is -0.378 e. The van der Waals surface area contributed by atoms with E-state index >= 15 is 0 Å². The van der Waals surface area contributed by atoms with Crippen LogP contribution in [0.3, 0.4) is 0 Å². The number of fused-ring (bicyclic) bond motifs is 4. The molecule has 0 spiro atoms. The van der Waals surface area contributed by atoms with Crippen molar-refractivity contribution in [2.75, 3.05) is 56.2 Å². The number of carbonyl (C=O) groups excluding carboxylic acids is 2. The molecule has 4 aromatic heterocycles. The van der Waals surface area contributed by atoms with Crippen molar-refractivity contribution in [2.24, 2.45) is 5.92 Å². The first-order chi connectivity index (χ1) is 21.5. The van der Waals surface area contributed by atoms with Crippen molar-refractivity contribution in [3.05, 3.63) is 65.9 Å². The van der Waals surface area contributed by atoms with Gasteiger partial charge in [0.25, 0.3) is 11.8 Å². The maximum absolute atomic E-state index is 13.3. The zero-order valence-electron chi connectivity index (χ0n) is 24.9. The number of pyridine rings is 3. The van der Waals surface area contributed by atoms with Crippen LogP contribution in [0.5, 0.6) is 0 Å². The van der Waals surface area contributed by atoms with Gasteiger partial charge in [-0.25, -0.2) is 9.50 Å². The fourth-order valence-corrected chi connectivity index (χ4v) is 6.62. The van der Waals surface area contributed by atoms with Crippen molar-refractivity contribution in [3.8, 4) is 11.1 Å². The van der Waals surface area contributed by atoms with Gasteiger partial charge in [0, 0.05) is 62.9 Å². The molecule has 3 aliphatic heterocycles.